The van der Waals surface area contributed by atoms with Gasteiger partial charge in [0.05, 0.1) is 13.2 Å². The highest BCUT2D eigenvalue weighted by Gasteiger charge is 2.41. The molecule has 6 rings (SSSR count). The van der Waals surface area contributed by atoms with Gasteiger partial charge in [0.15, 0.2) is 0 Å². The number of ether oxygens (including phenoxy) is 1. The summed E-state index contributed by atoms with van der Waals surface area (Å²) in [5.41, 5.74) is 4.41. The first-order valence-electron chi connectivity index (χ1n) is 13.1. The maximum atomic E-state index is 13.8. The number of fused-ring (bicyclic) bond motifs is 2. The number of carbonyl (C=O) groups is 1. The third-order valence-electron chi connectivity index (χ3n) is 8.31. The Bertz CT molecular complexity index is 1180. The van der Waals surface area contributed by atoms with Gasteiger partial charge in [0, 0.05) is 73.5 Å². The molecule has 1 amide bonds. The van der Waals surface area contributed by atoms with Crippen LogP contribution >= 0.6 is 0 Å². The van der Waals surface area contributed by atoms with Crippen LogP contribution in [0, 0.1) is 6.92 Å². The number of hydrogen-bond donors (Lipinski definition) is 1. The minimum Gasteiger partial charge on any atom is -0.379 e. The molecule has 1 aromatic heterocycles. The number of piperidine rings is 1. The monoisotopic (exact) mass is 472 g/mol. The zero-order chi connectivity index (χ0) is 23.8. The van der Waals surface area contributed by atoms with Gasteiger partial charge in [-0.3, -0.25) is 14.6 Å². The Morgan fingerprint density at radius 1 is 0.971 bits per heavy atom. The van der Waals surface area contributed by atoms with Crippen LogP contribution in [-0.2, 0) is 11.2 Å². The number of aryl methyl sites for hydroxylation is 1. The first kappa shape index (κ1) is 22.8. The molecule has 3 aliphatic rings. The fourth-order valence-corrected chi connectivity index (χ4v) is 6.42. The molecule has 2 aromatic carbocycles. The van der Waals surface area contributed by atoms with Gasteiger partial charge in [-0.2, -0.15) is 0 Å². The second kappa shape index (κ2) is 9.76. The fraction of sp³-hybridized carbons (Fsp3) is 0.483. The maximum absolute atomic E-state index is 13.8. The summed E-state index contributed by atoms with van der Waals surface area (Å²) in [6, 6.07) is 17.8. The Morgan fingerprint density at radius 3 is 2.60 bits per heavy atom. The number of carbonyl (C=O) groups excluding carboxylic acids is 1. The summed E-state index contributed by atoms with van der Waals surface area (Å²) in [6.07, 6.45) is 5.37. The van der Waals surface area contributed by atoms with Crippen LogP contribution in [0.1, 0.15) is 34.3 Å². The van der Waals surface area contributed by atoms with Gasteiger partial charge in [0.2, 0.25) is 0 Å². The Hall–Kier alpha value is -2.67. The number of hydrogen-bond acceptors (Lipinski definition) is 4. The van der Waals surface area contributed by atoms with Crippen LogP contribution in [-0.4, -0.2) is 89.7 Å². The molecule has 0 unspecified atom stereocenters. The standard InChI is InChI=1S/C29H36N4O2/c1-21-5-4-6-22(15-21)29(34)33-20-25-10-9-24(31-11-13-35-14-12-31)18-32(25)19-26(33)16-23-17-30-28-8-3-2-7-27(23)28/h2-8,15,17,24-26,30H,9-14,16,18-20H2,1H3/t24-,25+,26+/m0/s1. The third-order valence-corrected chi connectivity index (χ3v) is 8.31. The lowest BCUT2D eigenvalue weighted by atomic mass is 9.90. The molecule has 3 aromatic rings. The second-order valence-electron chi connectivity index (χ2n) is 10.5. The first-order chi connectivity index (χ1) is 17.2. The number of aromatic amines is 1. The van der Waals surface area contributed by atoms with Crippen LogP contribution in [0.25, 0.3) is 10.9 Å². The predicted molar refractivity (Wildman–Crippen MR) is 139 cm³/mol. The fourth-order valence-electron chi connectivity index (χ4n) is 6.42. The van der Waals surface area contributed by atoms with E-state index in [-0.39, 0.29) is 11.9 Å². The lowest BCUT2D eigenvalue weighted by Crippen LogP contribution is -2.65. The molecule has 4 heterocycles. The van der Waals surface area contributed by atoms with E-state index in [9.17, 15) is 4.79 Å². The Morgan fingerprint density at radius 2 is 1.77 bits per heavy atom. The molecule has 0 radical (unpaired) electrons. The van der Waals surface area contributed by atoms with E-state index < -0.39 is 0 Å². The van der Waals surface area contributed by atoms with Crippen molar-refractivity contribution < 1.29 is 9.53 Å². The van der Waals surface area contributed by atoms with Gasteiger partial charge >= 0.3 is 0 Å². The summed E-state index contributed by atoms with van der Waals surface area (Å²) in [4.78, 5) is 24.7. The zero-order valence-electron chi connectivity index (χ0n) is 20.7. The molecular formula is C29H36N4O2. The van der Waals surface area contributed by atoms with Crippen molar-refractivity contribution in [3.05, 3.63) is 71.4 Å². The molecule has 0 saturated carbocycles. The van der Waals surface area contributed by atoms with Gasteiger partial charge in [-0.05, 0) is 49.9 Å². The van der Waals surface area contributed by atoms with Crippen LogP contribution < -0.4 is 0 Å². The molecule has 3 fully saturated rings. The zero-order valence-corrected chi connectivity index (χ0v) is 20.7. The number of morpholine rings is 1. The smallest absolute Gasteiger partial charge is 0.254 e. The number of nitrogens with zero attached hydrogens (tertiary/aromatic N) is 3. The van der Waals surface area contributed by atoms with E-state index in [0.29, 0.717) is 12.1 Å². The molecule has 0 spiro atoms. The molecule has 0 bridgehead atoms. The lowest BCUT2D eigenvalue weighted by Gasteiger charge is -2.52. The van der Waals surface area contributed by atoms with Gasteiger partial charge in [-0.1, -0.05) is 35.9 Å². The minimum atomic E-state index is 0.155. The van der Waals surface area contributed by atoms with Crippen molar-refractivity contribution in [3.8, 4) is 0 Å². The average molecular weight is 473 g/mol. The normalized spacial score (nSPS) is 26.1. The predicted octanol–water partition coefficient (Wildman–Crippen LogP) is 3.71. The number of nitrogens with one attached hydrogen (secondary N) is 1. The average Bonchev–Trinajstić information content (AvgIpc) is 3.31. The Balaban J connectivity index is 1.27. The van der Waals surface area contributed by atoms with E-state index in [2.05, 4.69) is 63.1 Å². The number of H-pyrrole nitrogens is 1. The van der Waals surface area contributed by atoms with Crippen molar-refractivity contribution in [1.29, 1.82) is 0 Å². The molecule has 3 atom stereocenters. The van der Waals surface area contributed by atoms with Crippen LogP contribution in [0.15, 0.2) is 54.7 Å². The minimum absolute atomic E-state index is 0.155. The molecule has 1 N–H and O–H groups in total. The molecule has 0 aliphatic carbocycles. The van der Waals surface area contributed by atoms with Crippen LogP contribution in [0.2, 0.25) is 0 Å². The van der Waals surface area contributed by atoms with E-state index >= 15 is 0 Å². The highest BCUT2D eigenvalue weighted by molar-refractivity contribution is 5.95. The van der Waals surface area contributed by atoms with Gasteiger partial charge < -0.3 is 14.6 Å². The summed E-state index contributed by atoms with van der Waals surface area (Å²) in [5, 5.41) is 1.27. The summed E-state index contributed by atoms with van der Waals surface area (Å²) in [6.45, 7) is 8.69. The van der Waals surface area contributed by atoms with Crippen molar-refractivity contribution in [2.75, 3.05) is 45.9 Å². The van der Waals surface area contributed by atoms with Crippen molar-refractivity contribution in [2.45, 2.75) is 44.3 Å². The SMILES string of the molecule is Cc1cccc(C(=O)N2C[C@H]3CC[C@H](N4CCOCC4)CN3C[C@H]2Cc2c[nH]c3ccccc23)c1. The van der Waals surface area contributed by atoms with E-state index in [0.717, 1.165) is 75.4 Å². The quantitative estimate of drug-likeness (QED) is 0.629. The van der Waals surface area contributed by atoms with Crippen LogP contribution in [0.5, 0.6) is 0 Å². The van der Waals surface area contributed by atoms with E-state index in [1.54, 1.807) is 0 Å². The van der Waals surface area contributed by atoms with Gasteiger partial charge in [0.1, 0.15) is 0 Å². The van der Waals surface area contributed by atoms with Gasteiger partial charge in [0.25, 0.3) is 5.91 Å². The van der Waals surface area contributed by atoms with Gasteiger partial charge in [-0.15, -0.1) is 0 Å². The van der Waals surface area contributed by atoms with Crippen molar-refractivity contribution in [2.24, 2.45) is 0 Å². The number of aromatic nitrogens is 1. The molecule has 184 valence electrons. The van der Waals surface area contributed by atoms with Crippen molar-refractivity contribution >= 4 is 16.8 Å². The number of amides is 1. The highest BCUT2D eigenvalue weighted by Crippen LogP contribution is 2.30. The topological polar surface area (TPSA) is 51.8 Å². The Labute approximate surface area is 207 Å². The number of piperazine rings is 1. The summed E-state index contributed by atoms with van der Waals surface area (Å²) in [7, 11) is 0. The van der Waals surface area contributed by atoms with E-state index in [1.165, 1.54) is 17.4 Å². The highest BCUT2D eigenvalue weighted by atomic mass is 16.5. The summed E-state index contributed by atoms with van der Waals surface area (Å²) >= 11 is 0. The lowest BCUT2D eigenvalue weighted by molar-refractivity contribution is -0.0382. The maximum Gasteiger partial charge on any atom is 0.254 e. The second-order valence-corrected chi connectivity index (χ2v) is 10.5. The Kier molecular flexibility index (Phi) is 6.35. The van der Waals surface area contributed by atoms with E-state index in [4.69, 9.17) is 4.74 Å². The molecule has 3 saturated heterocycles. The number of rotatable bonds is 4. The molecule has 3 aliphatic heterocycles. The third kappa shape index (κ3) is 4.63. The van der Waals surface area contributed by atoms with Crippen LogP contribution in [0.4, 0.5) is 0 Å². The largest absolute Gasteiger partial charge is 0.379 e. The summed E-state index contributed by atoms with van der Waals surface area (Å²) < 4.78 is 5.60. The van der Waals surface area contributed by atoms with Gasteiger partial charge in [-0.25, -0.2) is 0 Å². The number of benzene rings is 2. The van der Waals surface area contributed by atoms with Crippen LogP contribution in [0.3, 0.4) is 0 Å². The molecular weight excluding hydrogens is 436 g/mol. The first-order valence-corrected chi connectivity index (χ1v) is 13.1. The molecule has 35 heavy (non-hydrogen) atoms. The molecule has 6 heteroatoms. The van der Waals surface area contributed by atoms with Crippen molar-refractivity contribution in [1.82, 2.24) is 19.7 Å². The molecule has 6 nitrogen and oxygen atoms in total. The van der Waals surface area contributed by atoms with E-state index in [1.807, 2.05) is 18.2 Å². The van der Waals surface area contributed by atoms with Crippen molar-refractivity contribution in [3.63, 3.8) is 0 Å². The summed E-state index contributed by atoms with van der Waals surface area (Å²) in [5.74, 6) is 0.175. The number of para-hydroxylation sites is 1.